The highest BCUT2D eigenvalue weighted by atomic mass is 16.5. The third-order valence-corrected chi connectivity index (χ3v) is 4.62. The Hall–Kier alpha value is -1.84. The van der Waals surface area contributed by atoms with Gasteiger partial charge in [-0.2, -0.15) is 4.98 Å². The second-order valence-electron chi connectivity index (χ2n) is 6.10. The van der Waals surface area contributed by atoms with Crippen molar-refractivity contribution >= 4 is 0 Å². The molecule has 1 aromatic heterocycles. The first-order valence-electron chi connectivity index (χ1n) is 7.81. The molecule has 3 rings (SSSR count). The number of rotatable bonds is 3. The molecule has 1 aliphatic rings. The Balaban J connectivity index is 1.81. The average Bonchev–Trinajstić information content (AvgIpc) is 3.00. The lowest BCUT2D eigenvalue weighted by Crippen LogP contribution is -2.14. The van der Waals surface area contributed by atoms with E-state index in [0.29, 0.717) is 11.8 Å². The Morgan fingerprint density at radius 1 is 1.33 bits per heavy atom. The predicted octanol–water partition coefficient (Wildman–Crippen LogP) is 4.43. The molecular weight excluding hydrogens is 264 g/mol. The van der Waals surface area contributed by atoms with Gasteiger partial charge in [0.25, 0.3) is 5.89 Å². The molecular formula is C17H22N2O2. The van der Waals surface area contributed by atoms with E-state index in [9.17, 15) is 5.11 Å². The fourth-order valence-corrected chi connectivity index (χ4v) is 3.16. The summed E-state index contributed by atoms with van der Waals surface area (Å²) in [6, 6.07) is 5.45. The lowest BCUT2D eigenvalue weighted by Gasteiger charge is -2.26. The Labute approximate surface area is 125 Å². The SMILES string of the molecule is CCC1CCCC(c2noc(-c3ccc(C)c(O)c3)n2)C1. The monoisotopic (exact) mass is 286 g/mol. The van der Waals surface area contributed by atoms with Crippen LogP contribution in [0, 0.1) is 12.8 Å². The number of aromatic hydroxyl groups is 1. The summed E-state index contributed by atoms with van der Waals surface area (Å²) in [5.41, 5.74) is 1.62. The van der Waals surface area contributed by atoms with E-state index < -0.39 is 0 Å². The summed E-state index contributed by atoms with van der Waals surface area (Å²) in [5, 5.41) is 14.0. The van der Waals surface area contributed by atoms with E-state index in [0.717, 1.165) is 35.7 Å². The summed E-state index contributed by atoms with van der Waals surface area (Å²) < 4.78 is 5.40. The molecule has 1 fully saturated rings. The first-order chi connectivity index (χ1) is 10.2. The molecule has 2 aromatic rings. The third-order valence-electron chi connectivity index (χ3n) is 4.62. The molecule has 2 atom stereocenters. The average molecular weight is 286 g/mol. The molecule has 1 heterocycles. The van der Waals surface area contributed by atoms with Gasteiger partial charge in [-0.1, -0.05) is 37.4 Å². The van der Waals surface area contributed by atoms with E-state index in [1.54, 1.807) is 6.07 Å². The van der Waals surface area contributed by atoms with Gasteiger partial charge in [0.2, 0.25) is 0 Å². The van der Waals surface area contributed by atoms with Gasteiger partial charge in [-0.3, -0.25) is 0 Å². The van der Waals surface area contributed by atoms with Crippen LogP contribution in [-0.2, 0) is 0 Å². The molecule has 2 unspecified atom stereocenters. The summed E-state index contributed by atoms with van der Waals surface area (Å²) in [5.74, 6) is 2.78. The van der Waals surface area contributed by atoms with Crippen LogP contribution in [0.2, 0.25) is 0 Å². The van der Waals surface area contributed by atoms with E-state index in [2.05, 4.69) is 17.1 Å². The lowest BCUT2D eigenvalue weighted by atomic mass is 9.80. The van der Waals surface area contributed by atoms with E-state index in [4.69, 9.17) is 4.52 Å². The molecule has 4 nitrogen and oxygen atoms in total. The molecule has 1 aromatic carbocycles. The summed E-state index contributed by atoms with van der Waals surface area (Å²) in [6.45, 7) is 4.12. The highest BCUT2D eigenvalue weighted by Crippen LogP contribution is 2.37. The van der Waals surface area contributed by atoms with Crippen molar-refractivity contribution in [3.05, 3.63) is 29.6 Å². The first kappa shape index (κ1) is 14.1. The number of aryl methyl sites for hydroxylation is 1. The zero-order chi connectivity index (χ0) is 14.8. The van der Waals surface area contributed by atoms with Gasteiger partial charge in [0.15, 0.2) is 5.82 Å². The second kappa shape index (κ2) is 5.88. The molecule has 0 spiro atoms. The van der Waals surface area contributed by atoms with Crippen LogP contribution in [0.15, 0.2) is 22.7 Å². The Bertz CT molecular complexity index is 621. The number of aromatic nitrogens is 2. The molecule has 1 aliphatic carbocycles. The van der Waals surface area contributed by atoms with Crippen molar-refractivity contribution in [3.8, 4) is 17.2 Å². The molecule has 0 saturated heterocycles. The molecule has 4 heteroatoms. The fourth-order valence-electron chi connectivity index (χ4n) is 3.16. The van der Waals surface area contributed by atoms with Crippen molar-refractivity contribution < 1.29 is 9.63 Å². The maximum Gasteiger partial charge on any atom is 0.258 e. The van der Waals surface area contributed by atoms with Crippen LogP contribution in [0.5, 0.6) is 5.75 Å². The van der Waals surface area contributed by atoms with E-state index in [1.807, 2.05) is 19.1 Å². The smallest absolute Gasteiger partial charge is 0.258 e. The summed E-state index contributed by atoms with van der Waals surface area (Å²) >= 11 is 0. The van der Waals surface area contributed by atoms with Gasteiger partial charge in [-0.15, -0.1) is 0 Å². The fraction of sp³-hybridized carbons (Fsp3) is 0.529. The predicted molar refractivity (Wildman–Crippen MR) is 81.1 cm³/mol. The Morgan fingerprint density at radius 2 is 2.19 bits per heavy atom. The van der Waals surface area contributed by atoms with Crippen LogP contribution in [0.1, 0.15) is 56.3 Å². The number of phenols is 1. The Kier molecular flexibility index (Phi) is 3.95. The maximum atomic E-state index is 9.79. The van der Waals surface area contributed by atoms with Crippen LogP contribution in [0.3, 0.4) is 0 Å². The van der Waals surface area contributed by atoms with Crippen molar-refractivity contribution in [1.82, 2.24) is 10.1 Å². The molecule has 0 radical (unpaired) electrons. The van der Waals surface area contributed by atoms with Crippen molar-refractivity contribution in [3.63, 3.8) is 0 Å². The number of benzene rings is 1. The van der Waals surface area contributed by atoms with Crippen LogP contribution >= 0.6 is 0 Å². The molecule has 0 aliphatic heterocycles. The van der Waals surface area contributed by atoms with E-state index >= 15 is 0 Å². The van der Waals surface area contributed by atoms with Crippen molar-refractivity contribution in [1.29, 1.82) is 0 Å². The molecule has 1 saturated carbocycles. The topological polar surface area (TPSA) is 59.2 Å². The normalized spacial score (nSPS) is 22.4. The quantitative estimate of drug-likeness (QED) is 0.906. The number of nitrogens with zero attached hydrogens (tertiary/aromatic N) is 2. The molecule has 0 amide bonds. The highest BCUT2D eigenvalue weighted by molar-refractivity contribution is 5.57. The summed E-state index contributed by atoms with van der Waals surface area (Å²) in [6.07, 6.45) is 6.11. The van der Waals surface area contributed by atoms with Crippen LogP contribution in [-0.4, -0.2) is 15.2 Å². The van der Waals surface area contributed by atoms with E-state index in [-0.39, 0.29) is 5.75 Å². The van der Waals surface area contributed by atoms with Gasteiger partial charge in [-0.25, -0.2) is 0 Å². The van der Waals surface area contributed by atoms with Crippen molar-refractivity contribution in [2.75, 3.05) is 0 Å². The van der Waals surface area contributed by atoms with Gasteiger partial charge in [-0.05, 0) is 43.4 Å². The molecule has 21 heavy (non-hydrogen) atoms. The highest BCUT2D eigenvalue weighted by Gasteiger charge is 2.26. The summed E-state index contributed by atoms with van der Waals surface area (Å²) in [4.78, 5) is 4.55. The van der Waals surface area contributed by atoms with Crippen molar-refractivity contribution in [2.24, 2.45) is 5.92 Å². The van der Waals surface area contributed by atoms with Crippen LogP contribution < -0.4 is 0 Å². The minimum absolute atomic E-state index is 0.260. The van der Waals surface area contributed by atoms with Gasteiger partial charge in [0.05, 0.1) is 0 Å². The number of hydrogen-bond acceptors (Lipinski definition) is 4. The molecule has 1 N–H and O–H groups in total. The maximum absolute atomic E-state index is 9.79. The minimum Gasteiger partial charge on any atom is -0.508 e. The number of phenolic OH excluding ortho intramolecular Hbond substituents is 1. The molecule has 0 bridgehead atoms. The van der Waals surface area contributed by atoms with Gasteiger partial charge in [0, 0.05) is 11.5 Å². The van der Waals surface area contributed by atoms with Gasteiger partial charge in [0.1, 0.15) is 5.75 Å². The van der Waals surface area contributed by atoms with Crippen molar-refractivity contribution in [2.45, 2.75) is 51.9 Å². The lowest BCUT2D eigenvalue weighted by molar-refractivity contribution is 0.300. The standard InChI is InChI=1S/C17H22N2O2/c1-3-12-5-4-6-13(9-12)16-18-17(21-19-16)14-8-7-11(2)15(20)10-14/h7-8,10,12-13,20H,3-6,9H2,1-2H3. The van der Waals surface area contributed by atoms with Crippen LogP contribution in [0.4, 0.5) is 0 Å². The third kappa shape index (κ3) is 2.94. The van der Waals surface area contributed by atoms with E-state index in [1.165, 1.54) is 19.3 Å². The van der Waals surface area contributed by atoms with Crippen LogP contribution in [0.25, 0.3) is 11.5 Å². The summed E-state index contributed by atoms with van der Waals surface area (Å²) in [7, 11) is 0. The van der Waals surface area contributed by atoms with Gasteiger partial charge >= 0.3 is 0 Å². The minimum atomic E-state index is 0.260. The molecule has 112 valence electrons. The zero-order valence-corrected chi connectivity index (χ0v) is 12.7. The largest absolute Gasteiger partial charge is 0.508 e. The second-order valence-corrected chi connectivity index (χ2v) is 6.10. The Morgan fingerprint density at radius 3 is 2.95 bits per heavy atom. The number of hydrogen-bond donors (Lipinski definition) is 1. The van der Waals surface area contributed by atoms with Gasteiger partial charge < -0.3 is 9.63 Å². The zero-order valence-electron chi connectivity index (χ0n) is 12.7. The first-order valence-corrected chi connectivity index (χ1v) is 7.81.